The van der Waals surface area contributed by atoms with Crippen LogP contribution in [0, 0.1) is 6.92 Å². The van der Waals surface area contributed by atoms with Crippen molar-refractivity contribution >= 4 is 11.6 Å². The van der Waals surface area contributed by atoms with Gasteiger partial charge in [0.1, 0.15) is 5.75 Å². The van der Waals surface area contributed by atoms with Gasteiger partial charge in [0.25, 0.3) is 0 Å². The predicted molar refractivity (Wildman–Crippen MR) is 91.6 cm³/mol. The third-order valence-electron chi connectivity index (χ3n) is 4.45. The monoisotopic (exact) mass is 314 g/mol. The quantitative estimate of drug-likeness (QED) is 0.574. The fourth-order valence-electron chi connectivity index (χ4n) is 3.24. The van der Waals surface area contributed by atoms with Gasteiger partial charge in [0.15, 0.2) is 11.6 Å². The van der Waals surface area contributed by atoms with Crippen LogP contribution in [-0.4, -0.2) is 16.7 Å². The van der Waals surface area contributed by atoms with Crippen LogP contribution in [0.3, 0.4) is 0 Å². The van der Waals surface area contributed by atoms with Gasteiger partial charge in [-0.3, -0.25) is 9.59 Å². The van der Waals surface area contributed by atoms with E-state index in [0.717, 1.165) is 16.7 Å². The van der Waals surface area contributed by atoms with Crippen molar-refractivity contribution in [1.29, 1.82) is 0 Å². The minimum absolute atomic E-state index is 0.117. The topological polar surface area (TPSA) is 54.4 Å². The number of carbonyl (C=O) groups excluding carboxylic acids is 2. The van der Waals surface area contributed by atoms with Gasteiger partial charge in [-0.1, -0.05) is 36.4 Å². The highest BCUT2D eigenvalue weighted by atomic mass is 16.3. The molecule has 0 saturated heterocycles. The molecule has 0 amide bonds. The maximum atomic E-state index is 12.8. The van der Waals surface area contributed by atoms with E-state index in [9.17, 15) is 14.7 Å². The van der Waals surface area contributed by atoms with Crippen LogP contribution in [-0.2, 0) is 0 Å². The van der Waals surface area contributed by atoms with Crippen LogP contribution < -0.4 is 0 Å². The van der Waals surface area contributed by atoms with E-state index in [1.807, 2.05) is 19.1 Å². The molecule has 0 aliphatic heterocycles. The number of aryl methyl sites for hydroxylation is 1. The zero-order valence-corrected chi connectivity index (χ0v) is 13.0. The van der Waals surface area contributed by atoms with E-state index < -0.39 is 0 Å². The van der Waals surface area contributed by atoms with Gasteiger partial charge in [-0.15, -0.1) is 0 Å². The molecule has 116 valence electrons. The molecule has 0 unspecified atom stereocenters. The van der Waals surface area contributed by atoms with Crippen LogP contribution >= 0.6 is 0 Å². The molecule has 0 spiro atoms. The zero-order valence-electron chi connectivity index (χ0n) is 13.0. The molecule has 24 heavy (non-hydrogen) atoms. The summed E-state index contributed by atoms with van der Waals surface area (Å²) in [6.07, 6.45) is 0. The van der Waals surface area contributed by atoms with Crippen molar-refractivity contribution < 1.29 is 14.7 Å². The number of fused-ring (bicyclic) bond motifs is 2. The number of phenols is 1. The Morgan fingerprint density at radius 2 is 1.25 bits per heavy atom. The van der Waals surface area contributed by atoms with Crippen molar-refractivity contribution in [2.45, 2.75) is 6.92 Å². The number of ketones is 2. The van der Waals surface area contributed by atoms with Gasteiger partial charge in [0, 0.05) is 22.3 Å². The van der Waals surface area contributed by atoms with E-state index in [-0.39, 0.29) is 17.3 Å². The number of phenolic OH excluding ortho intramolecular Hbond substituents is 1. The number of hydrogen-bond donors (Lipinski definition) is 1. The lowest BCUT2D eigenvalue weighted by molar-refractivity contribution is 0.0979. The van der Waals surface area contributed by atoms with Gasteiger partial charge >= 0.3 is 0 Å². The summed E-state index contributed by atoms with van der Waals surface area (Å²) in [5.41, 5.74) is 4.48. The Hall–Kier alpha value is -3.20. The average Bonchev–Trinajstić information content (AvgIpc) is 2.59. The number of hydrogen-bond acceptors (Lipinski definition) is 3. The SMILES string of the molecule is Cc1cc(O)ccc1-c1ccc2c(c1)C(=O)c1ccccc1C2=O. The third-order valence-corrected chi connectivity index (χ3v) is 4.45. The molecule has 0 atom stereocenters. The van der Waals surface area contributed by atoms with Crippen LogP contribution in [0.15, 0.2) is 60.7 Å². The molecule has 0 radical (unpaired) electrons. The fraction of sp³-hybridized carbons (Fsp3) is 0.0476. The fourth-order valence-corrected chi connectivity index (χ4v) is 3.24. The lowest BCUT2D eigenvalue weighted by atomic mass is 9.82. The second kappa shape index (κ2) is 5.17. The first kappa shape index (κ1) is 14.4. The number of rotatable bonds is 1. The van der Waals surface area contributed by atoms with Gasteiger partial charge in [0.2, 0.25) is 0 Å². The summed E-state index contributed by atoms with van der Waals surface area (Å²) in [6.45, 7) is 1.90. The van der Waals surface area contributed by atoms with Gasteiger partial charge < -0.3 is 5.11 Å². The smallest absolute Gasteiger partial charge is 0.194 e. The van der Waals surface area contributed by atoms with E-state index in [1.54, 1.807) is 48.5 Å². The molecule has 3 aromatic carbocycles. The summed E-state index contributed by atoms with van der Waals surface area (Å²) in [5, 5.41) is 9.56. The van der Waals surface area contributed by atoms with Crippen molar-refractivity contribution in [3.05, 3.63) is 88.5 Å². The molecular weight excluding hydrogens is 300 g/mol. The highest BCUT2D eigenvalue weighted by Crippen LogP contribution is 2.32. The van der Waals surface area contributed by atoms with Crippen LogP contribution in [0.4, 0.5) is 0 Å². The first-order valence-corrected chi connectivity index (χ1v) is 7.69. The van der Waals surface area contributed by atoms with E-state index in [4.69, 9.17) is 0 Å². The highest BCUT2D eigenvalue weighted by Gasteiger charge is 2.29. The molecule has 1 aliphatic rings. The highest BCUT2D eigenvalue weighted by molar-refractivity contribution is 6.28. The van der Waals surface area contributed by atoms with Gasteiger partial charge in [-0.25, -0.2) is 0 Å². The second-order valence-corrected chi connectivity index (χ2v) is 5.96. The minimum atomic E-state index is -0.126. The Kier molecular flexibility index (Phi) is 3.10. The molecule has 3 aromatic rings. The molecule has 0 aromatic heterocycles. The van der Waals surface area contributed by atoms with E-state index in [2.05, 4.69) is 0 Å². The minimum Gasteiger partial charge on any atom is -0.508 e. The average molecular weight is 314 g/mol. The van der Waals surface area contributed by atoms with Crippen LogP contribution in [0.5, 0.6) is 5.75 Å². The predicted octanol–water partition coefficient (Wildman–Crippen LogP) is 4.14. The Bertz CT molecular complexity index is 1020. The van der Waals surface area contributed by atoms with Crippen molar-refractivity contribution in [2.24, 2.45) is 0 Å². The van der Waals surface area contributed by atoms with Gasteiger partial charge in [-0.05, 0) is 47.9 Å². The summed E-state index contributed by atoms with van der Waals surface area (Å²) < 4.78 is 0. The molecule has 1 N–H and O–H groups in total. The first-order valence-electron chi connectivity index (χ1n) is 7.69. The summed E-state index contributed by atoms with van der Waals surface area (Å²) in [7, 11) is 0. The Morgan fingerprint density at radius 1 is 0.667 bits per heavy atom. The molecule has 0 fully saturated rings. The summed E-state index contributed by atoms with van der Waals surface area (Å²) in [4.78, 5) is 25.4. The summed E-state index contributed by atoms with van der Waals surface area (Å²) >= 11 is 0. The molecule has 1 aliphatic carbocycles. The van der Waals surface area contributed by atoms with Crippen molar-refractivity contribution in [3.63, 3.8) is 0 Å². The number of aromatic hydroxyl groups is 1. The normalized spacial score (nSPS) is 12.7. The Labute approximate surface area is 139 Å². The standard InChI is InChI=1S/C21H14O3/c1-12-10-14(22)7-9-15(12)13-6-8-18-19(11-13)21(24)17-5-3-2-4-16(17)20(18)23/h2-11,22H,1H3. The molecule has 0 heterocycles. The molecule has 3 nitrogen and oxygen atoms in total. The molecule has 0 saturated carbocycles. The summed E-state index contributed by atoms with van der Waals surface area (Å²) in [6, 6.07) is 17.4. The number of benzene rings is 3. The Balaban J connectivity index is 1.90. The van der Waals surface area contributed by atoms with Crippen LogP contribution in [0.1, 0.15) is 37.4 Å². The van der Waals surface area contributed by atoms with Crippen LogP contribution in [0.25, 0.3) is 11.1 Å². The van der Waals surface area contributed by atoms with Crippen molar-refractivity contribution in [1.82, 2.24) is 0 Å². The molecule has 4 rings (SSSR count). The maximum Gasteiger partial charge on any atom is 0.194 e. The van der Waals surface area contributed by atoms with Crippen molar-refractivity contribution in [3.8, 4) is 16.9 Å². The lowest BCUT2D eigenvalue weighted by Gasteiger charge is -2.18. The van der Waals surface area contributed by atoms with E-state index >= 15 is 0 Å². The number of carbonyl (C=O) groups is 2. The Morgan fingerprint density at radius 3 is 1.92 bits per heavy atom. The summed E-state index contributed by atoms with van der Waals surface area (Å²) in [5.74, 6) is -0.0398. The third kappa shape index (κ3) is 2.06. The molecular formula is C21H14O3. The van der Waals surface area contributed by atoms with E-state index in [0.29, 0.717) is 22.3 Å². The van der Waals surface area contributed by atoms with Gasteiger partial charge in [-0.2, -0.15) is 0 Å². The maximum absolute atomic E-state index is 12.8. The van der Waals surface area contributed by atoms with E-state index in [1.165, 1.54) is 0 Å². The van der Waals surface area contributed by atoms with Gasteiger partial charge in [0.05, 0.1) is 0 Å². The second-order valence-electron chi connectivity index (χ2n) is 5.96. The van der Waals surface area contributed by atoms with Crippen molar-refractivity contribution in [2.75, 3.05) is 0 Å². The van der Waals surface area contributed by atoms with Crippen LogP contribution in [0.2, 0.25) is 0 Å². The zero-order chi connectivity index (χ0) is 16.8. The molecule has 3 heteroatoms. The largest absolute Gasteiger partial charge is 0.508 e. The first-order chi connectivity index (χ1) is 11.6. The lowest BCUT2D eigenvalue weighted by Crippen LogP contribution is -2.20. The molecule has 0 bridgehead atoms.